The van der Waals surface area contributed by atoms with E-state index in [0.717, 1.165) is 4.57 Å². The van der Waals surface area contributed by atoms with Crippen LogP contribution in [-0.2, 0) is 6.54 Å². The van der Waals surface area contributed by atoms with E-state index in [4.69, 9.17) is 18.0 Å². The second-order valence-electron chi connectivity index (χ2n) is 5.33. The Labute approximate surface area is 151 Å². The van der Waals surface area contributed by atoms with Gasteiger partial charge in [0.05, 0.1) is 33.7 Å². The van der Waals surface area contributed by atoms with Crippen LogP contribution < -0.4 is 5.56 Å². The lowest BCUT2D eigenvalue weighted by molar-refractivity contribution is 0.544. The third kappa shape index (κ3) is 2.89. The van der Waals surface area contributed by atoms with Crippen molar-refractivity contribution in [3.8, 4) is 29.3 Å². The molecule has 1 aromatic carbocycles. The van der Waals surface area contributed by atoms with E-state index in [1.165, 1.54) is 23.1 Å². The molecule has 0 radical (unpaired) electrons. The van der Waals surface area contributed by atoms with Gasteiger partial charge < -0.3 is 4.57 Å². The highest BCUT2D eigenvalue weighted by Gasteiger charge is 2.23. The first kappa shape index (κ1) is 17.8. The summed E-state index contributed by atoms with van der Waals surface area (Å²) in [5.74, 6) is -1.13. The second-order valence-corrected chi connectivity index (χ2v) is 5.77. The molecule has 0 amide bonds. The number of pyridine rings is 1. The smallest absolute Gasteiger partial charge is 0.266 e. The zero-order valence-corrected chi connectivity index (χ0v) is 14.2. The molecular weight excluding hydrogens is 367 g/mol. The molecule has 132 valence electrons. The molecule has 3 rings (SSSR count). The van der Waals surface area contributed by atoms with Crippen molar-refractivity contribution in [1.29, 1.82) is 0 Å². The van der Waals surface area contributed by atoms with Gasteiger partial charge in [0.25, 0.3) is 5.56 Å². The molecule has 8 heteroatoms. The molecule has 2 heterocycles. The SMILES string of the molecule is C#Cc1cc(-n2cc(Cl)cn2)c(-c2c(F)cc(F)cc2F)n(CC)c1=O. The van der Waals surface area contributed by atoms with Crippen molar-refractivity contribution < 1.29 is 13.2 Å². The lowest BCUT2D eigenvalue weighted by Crippen LogP contribution is -2.26. The number of hydrogen-bond donors (Lipinski definition) is 0. The van der Waals surface area contributed by atoms with Crippen molar-refractivity contribution in [3.63, 3.8) is 0 Å². The number of rotatable bonds is 3. The number of aromatic nitrogens is 3. The highest BCUT2D eigenvalue weighted by atomic mass is 35.5. The van der Waals surface area contributed by atoms with Crippen molar-refractivity contribution in [2.75, 3.05) is 0 Å². The fraction of sp³-hybridized carbons (Fsp3) is 0.111. The molecule has 0 aliphatic rings. The Morgan fingerprint density at radius 2 is 1.88 bits per heavy atom. The molecule has 0 saturated carbocycles. The third-order valence-corrected chi connectivity index (χ3v) is 3.98. The van der Waals surface area contributed by atoms with Gasteiger partial charge in [-0.2, -0.15) is 5.10 Å². The number of nitrogens with zero attached hydrogens (tertiary/aromatic N) is 3. The van der Waals surface area contributed by atoms with Gasteiger partial charge in [0.15, 0.2) is 0 Å². The van der Waals surface area contributed by atoms with Crippen LogP contribution >= 0.6 is 11.6 Å². The van der Waals surface area contributed by atoms with Gasteiger partial charge in [0, 0.05) is 24.9 Å². The standard InChI is InChI=1S/C18H11ClF3N3O/c1-3-10-5-15(25-9-11(19)8-23-25)17(24(4-2)18(10)26)16-13(21)6-12(20)7-14(16)22/h1,5-9H,4H2,2H3. The number of hydrogen-bond acceptors (Lipinski definition) is 2. The largest absolute Gasteiger partial charge is 0.305 e. The second kappa shape index (κ2) is 6.73. The van der Waals surface area contributed by atoms with E-state index < -0.39 is 28.6 Å². The zero-order valence-electron chi connectivity index (χ0n) is 13.4. The summed E-state index contributed by atoms with van der Waals surface area (Å²) in [4.78, 5) is 12.5. The number of benzene rings is 1. The highest BCUT2D eigenvalue weighted by molar-refractivity contribution is 6.30. The Hall–Kier alpha value is -2.98. The highest BCUT2D eigenvalue weighted by Crippen LogP contribution is 2.32. The zero-order chi connectivity index (χ0) is 19.0. The summed E-state index contributed by atoms with van der Waals surface area (Å²) < 4.78 is 44.5. The van der Waals surface area contributed by atoms with Crippen LogP contribution in [0.3, 0.4) is 0 Å². The molecule has 26 heavy (non-hydrogen) atoms. The Balaban J connectivity index is 2.50. The normalized spacial score (nSPS) is 10.8. The summed E-state index contributed by atoms with van der Waals surface area (Å²) in [6, 6.07) is 2.37. The molecule has 4 nitrogen and oxygen atoms in total. The monoisotopic (exact) mass is 377 g/mol. The molecule has 0 atom stereocenters. The van der Waals surface area contributed by atoms with E-state index in [2.05, 4.69) is 11.0 Å². The quantitative estimate of drug-likeness (QED) is 0.652. The van der Waals surface area contributed by atoms with Crippen LogP contribution in [0, 0.1) is 29.8 Å². The van der Waals surface area contributed by atoms with Gasteiger partial charge in [-0.05, 0) is 13.0 Å². The van der Waals surface area contributed by atoms with Gasteiger partial charge >= 0.3 is 0 Å². The predicted molar refractivity (Wildman–Crippen MR) is 91.8 cm³/mol. The average Bonchev–Trinajstić information content (AvgIpc) is 3.00. The van der Waals surface area contributed by atoms with Crippen molar-refractivity contribution in [1.82, 2.24) is 14.3 Å². The fourth-order valence-electron chi connectivity index (χ4n) is 2.70. The predicted octanol–water partition coefficient (Wildman–Crippen LogP) is 3.77. The van der Waals surface area contributed by atoms with Crippen LogP contribution in [0.15, 0.2) is 35.4 Å². The van der Waals surface area contributed by atoms with E-state index in [1.807, 2.05) is 0 Å². The van der Waals surface area contributed by atoms with E-state index in [0.29, 0.717) is 12.1 Å². The summed E-state index contributed by atoms with van der Waals surface area (Å²) in [5, 5.41) is 4.28. The van der Waals surface area contributed by atoms with Gasteiger partial charge in [-0.3, -0.25) is 4.79 Å². The molecule has 0 saturated heterocycles. The molecule has 0 aliphatic carbocycles. The molecule has 0 aliphatic heterocycles. The molecule has 0 unspecified atom stereocenters. The summed E-state index contributed by atoms with van der Waals surface area (Å²) in [6.45, 7) is 1.69. The van der Waals surface area contributed by atoms with E-state index >= 15 is 0 Å². The van der Waals surface area contributed by atoms with E-state index in [-0.39, 0.29) is 28.5 Å². The molecule has 0 spiro atoms. The van der Waals surface area contributed by atoms with E-state index in [9.17, 15) is 18.0 Å². The molecule has 0 fully saturated rings. The topological polar surface area (TPSA) is 39.8 Å². The van der Waals surface area contributed by atoms with Gasteiger partial charge in [-0.25, -0.2) is 17.9 Å². The van der Waals surface area contributed by atoms with Crippen LogP contribution in [0.2, 0.25) is 5.02 Å². The van der Waals surface area contributed by atoms with Crippen LogP contribution in [0.4, 0.5) is 13.2 Å². The number of terminal acetylenes is 1. The molecular formula is C18H11ClF3N3O. The summed E-state index contributed by atoms with van der Waals surface area (Å²) in [5.41, 5.74) is -1.16. The van der Waals surface area contributed by atoms with Crippen LogP contribution in [-0.4, -0.2) is 14.3 Å². The fourth-order valence-corrected chi connectivity index (χ4v) is 2.83. The summed E-state index contributed by atoms with van der Waals surface area (Å²) >= 11 is 5.88. The maximum atomic E-state index is 14.4. The van der Waals surface area contributed by atoms with Crippen LogP contribution in [0.5, 0.6) is 0 Å². The van der Waals surface area contributed by atoms with E-state index in [1.54, 1.807) is 6.92 Å². The third-order valence-electron chi connectivity index (χ3n) is 3.78. The van der Waals surface area contributed by atoms with Crippen molar-refractivity contribution in [3.05, 3.63) is 69.0 Å². The van der Waals surface area contributed by atoms with Crippen molar-refractivity contribution >= 4 is 11.6 Å². The van der Waals surface area contributed by atoms with Crippen LogP contribution in [0.1, 0.15) is 12.5 Å². The minimum absolute atomic E-state index is 0.0137. The maximum absolute atomic E-state index is 14.4. The molecule has 2 aromatic heterocycles. The Morgan fingerprint density at radius 3 is 2.38 bits per heavy atom. The first-order valence-electron chi connectivity index (χ1n) is 7.47. The Kier molecular flexibility index (Phi) is 4.62. The minimum atomic E-state index is -1.16. The Bertz CT molecular complexity index is 1090. The Morgan fingerprint density at radius 1 is 1.23 bits per heavy atom. The van der Waals surface area contributed by atoms with Gasteiger partial charge in [0.1, 0.15) is 17.5 Å². The lowest BCUT2D eigenvalue weighted by atomic mass is 10.1. The van der Waals surface area contributed by atoms with Crippen molar-refractivity contribution in [2.24, 2.45) is 0 Å². The average molecular weight is 378 g/mol. The van der Waals surface area contributed by atoms with Crippen molar-refractivity contribution in [2.45, 2.75) is 13.5 Å². The summed E-state index contributed by atoms with van der Waals surface area (Å²) in [6.07, 6.45) is 8.09. The van der Waals surface area contributed by atoms with Gasteiger partial charge in [0.2, 0.25) is 0 Å². The van der Waals surface area contributed by atoms with Gasteiger partial charge in [-0.1, -0.05) is 17.5 Å². The molecule has 3 aromatic rings. The molecule has 0 N–H and O–H groups in total. The first-order valence-corrected chi connectivity index (χ1v) is 7.85. The minimum Gasteiger partial charge on any atom is -0.305 e. The maximum Gasteiger partial charge on any atom is 0.266 e. The van der Waals surface area contributed by atoms with Crippen LogP contribution in [0.25, 0.3) is 16.9 Å². The molecule has 0 bridgehead atoms. The lowest BCUT2D eigenvalue weighted by Gasteiger charge is -2.18. The first-order chi connectivity index (χ1) is 12.4. The van der Waals surface area contributed by atoms with Gasteiger partial charge in [-0.15, -0.1) is 6.42 Å². The number of halogens is 4. The summed E-state index contributed by atoms with van der Waals surface area (Å²) in [7, 11) is 0.